The second-order valence-electron chi connectivity index (χ2n) is 4.75. The van der Waals surface area contributed by atoms with Gasteiger partial charge in [-0.15, -0.1) is 0 Å². The average molecular weight is 383 g/mol. The third-order valence-corrected chi connectivity index (χ3v) is 5.12. The predicted molar refractivity (Wildman–Crippen MR) is 90.4 cm³/mol. The van der Waals surface area contributed by atoms with E-state index < -0.39 is 10.0 Å². The zero-order valence-corrected chi connectivity index (χ0v) is 14.5. The molecule has 0 unspecified atom stereocenters. The standard InChI is InChI=1S/C15H15BrN2O3S/c1-10-7-8-12(17-11(2)19)9-15(10)22(20,21)18-14-6-4-3-5-13(14)16/h3-9,18H,1-2H3,(H,17,19). The molecule has 0 atom stereocenters. The summed E-state index contributed by atoms with van der Waals surface area (Å²) in [5.74, 6) is -0.258. The third-order valence-electron chi connectivity index (χ3n) is 2.92. The minimum atomic E-state index is -3.76. The molecule has 0 aliphatic carbocycles. The molecule has 2 N–H and O–H groups in total. The molecule has 22 heavy (non-hydrogen) atoms. The highest BCUT2D eigenvalue weighted by molar-refractivity contribution is 9.10. The number of halogens is 1. The number of carbonyl (C=O) groups is 1. The molecular weight excluding hydrogens is 368 g/mol. The SMILES string of the molecule is CC(=O)Nc1ccc(C)c(S(=O)(=O)Nc2ccccc2Br)c1. The number of rotatable bonds is 4. The highest BCUT2D eigenvalue weighted by Gasteiger charge is 2.18. The van der Waals surface area contributed by atoms with Gasteiger partial charge in [-0.2, -0.15) is 0 Å². The number of hydrogen-bond acceptors (Lipinski definition) is 3. The Bertz CT molecular complexity index is 819. The quantitative estimate of drug-likeness (QED) is 0.849. The van der Waals surface area contributed by atoms with Gasteiger partial charge in [0.25, 0.3) is 10.0 Å². The van der Waals surface area contributed by atoms with Crippen molar-refractivity contribution in [3.63, 3.8) is 0 Å². The summed E-state index contributed by atoms with van der Waals surface area (Å²) < 4.78 is 28.3. The van der Waals surface area contributed by atoms with Crippen LogP contribution in [-0.4, -0.2) is 14.3 Å². The van der Waals surface area contributed by atoms with E-state index in [1.54, 1.807) is 43.3 Å². The van der Waals surface area contributed by atoms with Gasteiger partial charge in [0.1, 0.15) is 0 Å². The van der Waals surface area contributed by atoms with Crippen LogP contribution in [0.15, 0.2) is 51.8 Å². The summed E-state index contributed by atoms with van der Waals surface area (Å²) in [5.41, 5.74) is 1.48. The summed E-state index contributed by atoms with van der Waals surface area (Å²) in [7, 11) is -3.76. The largest absolute Gasteiger partial charge is 0.326 e. The smallest absolute Gasteiger partial charge is 0.262 e. The zero-order valence-electron chi connectivity index (χ0n) is 12.1. The number of hydrogen-bond donors (Lipinski definition) is 2. The van der Waals surface area contributed by atoms with Gasteiger partial charge in [0.05, 0.1) is 10.6 Å². The van der Waals surface area contributed by atoms with Crippen molar-refractivity contribution in [2.24, 2.45) is 0 Å². The van der Waals surface area contributed by atoms with Gasteiger partial charge in [-0.3, -0.25) is 9.52 Å². The Balaban J connectivity index is 2.41. The first kappa shape index (κ1) is 16.5. The predicted octanol–water partition coefficient (Wildman–Crippen LogP) is 3.52. The van der Waals surface area contributed by atoms with Crippen molar-refractivity contribution in [3.05, 3.63) is 52.5 Å². The first-order chi connectivity index (χ1) is 10.3. The number of aryl methyl sites for hydroxylation is 1. The highest BCUT2D eigenvalue weighted by atomic mass is 79.9. The molecule has 0 saturated heterocycles. The maximum absolute atomic E-state index is 12.6. The van der Waals surface area contributed by atoms with Crippen LogP contribution in [0.25, 0.3) is 0 Å². The first-order valence-corrected chi connectivity index (χ1v) is 8.73. The van der Waals surface area contributed by atoms with Crippen LogP contribution in [0.5, 0.6) is 0 Å². The molecule has 0 heterocycles. The first-order valence-electron chi connectivity index (χ1n) is 6.45. The Morgan fingerprint density at radius 1 is 1.14 bits per heavy atom. The van der Waals surface area contributed by atoms with Crippen LogP contribution < -0.4 is 10.0 Å². The van der Waals surface area contributed by atoms with E-state index in [4.69, 9.17) is 0 Å². The van der Waals surface area contributed by atoms with E-state index in [0.29, 0.717) is 21.4 Å². The summed E-state index contributed by atoms with van der Waals surface area (Å²) in [6.45, 7) is 3.07. The van der Waals surface area contributed by atoms with Gasteiger partial charge in [0.2, 0.25) is 5.91 Å². The Labute approximate surface area is 137 Å². The van der Waals surface area contributed by atoms with Crippen LogP contribution in [0.3, 0.4) is 0 Å². The molecule has 0 radical (unpaired) electrons. The molecule has 2 rings (SSSR count). The Morgan fingerprint density at radius 2 is 1.82 bits per heavy atom. The van der Waals surface area contributed by atoms with Crippen LogP contribution in [0.2, 0.25) is 0 Å². The van der Waals surface area contributed by atoms with E-state index in [0.717, 1.165) is 0 Å². The van der Waals surface area contributed by atoms with Gasteiger partial charge in [-0.25, -0.2) is 8.42 Å². The van der Waals surface area contributed by atoms with Crippen LogP contribution in [0.4, 0.5) is 11.4 Å². The minimum absolute atomic E-state index is 0.120. The molecule has 1 amide bonds. The van der Waals surface area contributed by atoms with Crippen molar-refractivity contribution in [3.8, 4) is 0 Å². The van der Waals surface area contributed by atoms with Crippen LogP contribution >= 0.6 is 15.9 Å². The maximum Gasteiger partial charge on any atom is 0.262 e. The highest BCUT2D eigenvalue weighted by Crippen LogP contribution is 2.27. The fraction of sp³-hybridized carbons (Fsp3) is 0.133. The van der Waals surface area contributed by atoms with Crippen molar-refractivity contribution in [2.45, 2.75) is 18.7 Å². The molecule has 0 saturated carbocycles. The van der Waals surface area contributed by atoms with E-state index in [9.17, 15) is 13.2 Å². The van der Waals surface area contributed by atoms with Gasteiger partial charge >= 0.3 is 0 Å². The van der Waals surface area contributed by atoms with E-state index >= 15 is 0 Å². The Morgan fingerprint density at radius 3 is 2.45 bits per heavy atom. The molecule has 5 nitrogen and oxygen atoms in total. The summed E-state index contributed by atoms with van der Waals surface area (Å²) in [6.07, 6.45) is 0. The van der Waals surface area contributed by atoms with Gasteiger partial charge in [0.15, 0.2) is 0 Å². The van der Waals surface area contributed by atoms with E-state index in [1.807, 2.05) is 0 Å². The molecule has 2 aromatic carbocycles. The van der Waals surface area contributed by atoms with Crippen LogP contribution in [-0.2, 0) is 14.8 Å². The number of benzene rings is 2. The number of sulfonamides is 1. The normalized spacial score (nSPS) is 11.0. The van der Waals surface area contributed by atoms with Gasteiger partial charge < -0.3 is 5.32 Å². The number of carbonyl (C=O) groups excluding carboxylic acids is 1. The summed E-state index contributed by atoms with van der Waals surface area (Å²) >= 11 is 3.30. The summed E-state index contributed by atoms with van der Waals surface area (Å²) in [5, 5.41) is 2.58. The molecule has 0 bridgehead atoms. The molecule has 0 aliphatic rings. The lowest BCUT2D eigenvalue weighted by atomic mass is 10.2. The van der Waals surface area contributed by atoms with Crippen molar-refractivity contribution < 1.29 is 13.2 Å². The molecule has 0 aromatic heterocycles. The molecule has 2 aromatic rings. The summed E-state index contributed by atoms with van der Waals surface area (Å²) in [4.78, 5) is 11.2. The average Bonchev–Trinajstić information content (AvgIpc) is 2.42. The van der Waals surface area contributed by atoms with E-state index in [-0.39, 0.29) is 10.8 Å². The van der Waals surface area contributed by atoms with Crippen molar-refractivity contribution in [1.29, 1.82) is 0 Å². The van der Waals surface area contributed by atoms with E-state index in [1.165, 1.54) is 13.0 Å². The number of amides is 1. The number of nitrogens with one attached hydrogen (secondary N) is 2. The maximum atomic E-state index is 12.6. The van der Waals surface area contributed by atoms with Crippen molar-refractivity contribution >= 4 is 43.2 Å². The third kappa shape index (κ3) is 3.86. The lowest BCUT2D eigenvalue weighted by Gasteiger charge is -2.13. The van der Waals surface area contributed by atoms with Crippen LogP contribution in [0.1, 0.15) is 12.5 Å². The lowest BCUT2D eigenvalue weighted by Crippen LogP contribution is -2.15. The zero-order chi connectivity index (χ0) is 16.3. The monoisotopic (exact) mass is 382 g/mol. The summed E-state index contributed by atoms with van der Waals surface area (Å²) in [6, 6.07) is 11.7. The molecule has 7 heteroatoms. The van der Waals surface area contributed by atoms with Gasteiger partial charge in [-0.1, -0.05) is 18.2 Å². The Kier molecular flexibility index (Phi) is 4.87. The molecule has 0 aliphatic heterocycles. The van der Waals surface area contributed by atoms with Gasteiger partial charge in [-0.05, 0) is 52.7 Å². The number of para-hydroxylation sites is 1. The molecule has 0 spiro atoms. The van der Waals surface area contributed by atoms with Crippen LogP contribution in [0, 0.1) is 6.92 Å². The van der Waals surface area contributed by atoms with Crippen molar-refractivity contribution in [2.75, 3.05) is 10.0 Å². The molecule has 0 fully saturated rings. The molecular formula is C15H15BrN2O3S. The Hall–Kier alpha value is -1.86. The minimum Gasteiger partial charge on any atom is -0.326 e. The fourth-order valence-corrected chi connectivity index (χ4v) is 3.78. The second kappa shape index (κ2) is 6.50. The second-order valence-corrected chi connectivity index (χ2v) is 7.25. The molecule has 116 valence electrons. The number of anilines is 2. The topological polar surface area (TPSA) is 75.3 Å². The fourth-order valence-electron chi connectivity index (χ4n) is 1.91. The van der Waals surface area contributed by atoms with Crippen molar-refractivity contribution in [1.82, 2.24) is 0 Å². The van der Waals surface area contributed by atoms with E-state index in [2.05, 4.69) is 26.0 Å². The van der Waals surface area contributed by atoms with Gasteiger partial charge in [0, 0.05) is 17.1 Å². The lowest BCUT2D eigenvalue weighted by molar-refractivity contribution is -0.114.